The zero-order valence-corrected chi connectivity index (χ0v) is 15.4. The number of benzene rings is 2. The van der Waals surface area contributed by atoms with Gasteiger partial charge in [0.2, 0.25) is 0 Å². The number of aryl methyl sites for hydroxylation is 1. The lowest BCUT2D eigenvalue weighted by molar-refractivity contribution is -0.137. The smallest absolute Gasteiger partial charge is 0.330 e. The van der Waals surface area contributed by atoms with Crippen LogP contribution in [0.1, 0.15) is 50.3 Å². The molecule has 2 aromatic carbocycles. The van der Waals surface area contributed by atoms with Crippen molar-refractivity contribution in [1.29, 1.82) is 0 Å². The summed E-state index contributed by atoms with van der Waals surface area (Å²) in [7, 11) is 0. The van der Waals surface area contributed by atoms with Gasteiger partial charge in [0.15, 0.2) is 0 Å². The maximum Gasteiger partial charge on any atom is 0.330 e. The van der Waals surface area contributed by atoms with Crippen molar-refractivity contribution >= 4 is 28.8 Å². The third-order valence-corrected chi connectivity index (χ3v) is 3.94. The zero-order chi connectivity index (χ0) is 18.6. The highest BCUT2D eigenvalue weighted by molar-refractivity contribution is 6.01. The molecule has 0 fully saturated rings. The molecular weight excluding hydrogens is 316 g/mol. The Balaban J connectivity index is 2.74. The van der Waals surface area contributed by atoms with Crippen LogP contribution in [0.5, 0.6) is 5.75 Å². The molecule has 25 heavy (non-hydrogen) atoms. The molecule has 0 aliphatic carbocycles. The highest BCUT2D eigenvalue weighted by Crippen LogP contribution is 2.39. The Morgan fingerprint density at radius 3 is 2.56 bits per heavy atom. The van der Waals surface area contributed by atoms with Gasteiger partial charge in [-0.15, -0.1) is 0 Å². The number of carbonyl (C=O) groups is 2. The Kier molecular flexibility index (Phi) is 5.97. The summed E-state index contributed by atoms with van der Waals surface area (Å²) in [5.74, 6) is 0.0386. The third-order valence-electron chi connectivity index (χ3n) is 3.94. The van der Waals surface area contributed by atoms with E-state index >= 15 is 0 Å². The number of hydrogen-bond donors (Lipinski definition) is 0. The lowest BCUT2D eigenvalue weighted by Crippen LogP contribution is -2.07. The molecule has 132 valence electrons. The lowest BCUT2D eigenvalue weighted by Gasteiger charge is -2.18. The number of hydrogen-bond acceptors (Lipinski definition) is 4. The Labute approximate surface area is 148 Å². The molecule has 0 N–H and O–H groups in total. The molecule has 0 heterocycles. The number of ether oxygens (including phenoxy) is 2. The van der Waals surface area contributed by atoms with Crippen LogP contribution < -0.4 is 4.74 Å². The van der Waals surface area contributed by atoms with Crippen LogP contribution in [-0.4, -0.2) is 18.5 Å². The van der Waals surface area contributed by atoms with Crippen LogP contribution in [-0.2, 0) is 14.3 Å². The van der Waals surface area contributed by atoms with Crippen molar-refractivity contribution in [2.45, 2.75) is 40.5 Å². The Hall–Kier alpha value is -2.62. The van der Waals surface area contributed by atoms with E-state index in [0.717, 1.165) is 27.5 Å². The molecule has 0 bridgehead atoms. The topological polar surface area (TPSA) is 52.6 Å². The van der Waals surface area contributed by atoms with Crippen LogP contribution in [0.4, 0.5) is 0 Å². The van der Waals surface area contributed by atoms with E-state index in [9.17, 15) is 9.59 Å². The third kappa shape index (κ3) is 4.27. The van der Waals surface area contributed by atoms with E-state index in [1.807, 2.05) is 45.0 Å². The fraction of sp³-hybridized carbons (Fsp3) is 0.333. The summed E-state index contributed by atoms with van der Waals surface area (Å²) in [6, 6.07) is 7.87. The van der Waals surface area contributed by atoms with Gasteiger partial charge in [-0.05, 0) is 54.0 Å². The average molecular weight is 340 g/mol. The van der Waals surface area contributed by atoms with Crippen molar-refractivity contribution < 1.29 is 19.1 Å². The normalized spacial score (nSPS) is 11.3. The number of fused-ring (bicyclic) bond motifs is 1. The van der Waals surface area contributed by atoms with Crippen molar-refractivity contribution in [2.24, 2.45) is 0 Å². The lowest BCUT2D eigenvalue weighted by atomic mass is 9.91. The van der Waals surface area contributed by atoms with E-state index < -0.39 is 0 Å². The minimum absolute atomic E-state index is 0.160. The van der Waals surface area contributed by atoms with E-state index in [0.29, 0.717) is 12.4 Å². The van der Waals surface area contributed by atoms with Gasteiger partial charge in [0.25, 0.3) is 0 Å². The maximum atomic E-state index is 11.7. The first-order chi connectivity index (χ1) is 11.8. The highest BCUT2D eigenvalue weighted by atomic mass is 16.5. The summed E-state index contributed by atoms with van der Waals surface area (Å²) < 4.78 is 10.5. The molecule has 0 unspecified atom stereocenters. The van der Waals surface area contributed by atoms with E-state index in [1.165, 1.54) is 13.0 Å². The van der Waals surface area contributed by atoms with E-state index in [4.69, 9.17) is 9.47 Å². The first-order valence-corrected chi connectivity index (χ1v) is 8.44. The van der Waals surface area contributed by atoms with Gasteiger partial charge in [0.05, 0.1) is 6.61 Å². The summed E-state index contributed by atoms with van der Waals surface area (Å²) >= 11 is 0. The largest absolute Gasteiger partial charge is 0.463 e. The number of carbonyl (C=O) groups excluding carboxylic acids is 2. The minimum atomic E-state index is -0.376. The average Bonchev–Trinajstić information content (AvgIpc) is 2.53. The minimum Gasteiger partial charge on any atom is -0.463 e. The van der Waals surface area contributed by atoms with Crippen LogP contribution in [0.25, 0.3) is 16.8 Å². The molecule has 4 heteroatoms. The molecule has 0 saturated carbocycles. The number of rotatable bonds is 5. The second kappa shape index (κ2) is 7.97. The molecule has 2 aromatic rings. The zero-order valence-electron chi connectivity index (χ0n) is 15.4. The summed E-state index contributed by atoms with van der Waals surface area (Å²) in [5, 5.41) is 1.83. The van der Waals surface area contributed by atoms with Crippen molar-refractivity contribution in [2.75, 3.05) is 6.61 Å². The maximum absolute atomic E-state index is 11.7. The SMILES string of the molecule is CCOC(=O)/C=C/c1cc(C(C)C)c(OC(C)=O)c2c(C)cccc12. The molecule has 2 rings (SSSR count). The first kappa shape index (κ1) is 18.7. The standard InChI is InChI=1S/C21H24O4/c1-6-24-19(23)11-10-16-12-18(13(2)3)21(25-15(5)22)20-14(4)8-7-9-17(16)20/h7-13H,6H2,1-5H3/b11-10+. The fourth-order valence-electron chi connectivity index (χ4n) is 2.83. The van der Waals surface area contributed by atoms with E-state index in [2.05, 4.69) is 0 Å². The van der Waals surface area contributed by atoms with Crippen molar-refractivity contribution in [3.8, 4) is 5.75 Å². The Bertz CT molecular complexity index is 831. The summed E-state index contributed by atoms with van der Waals surface area (Å²) in [4.78, 5) is 23.3. The molecule has 0 radical (unpaired) electrons. The van der Waals surface area contributed by atoms with Gasteiger partial charge in [0, 0.05) is 18.4 Å². The Morgan fingerprint density at radius 2 is 1.96 bits per heavy atom. The van der Waals surface area contributed by atoms with Crippen LogP contribution in [0.2, 0.25) is 0 Å². The van der Waals surface area contributed by atoms with Gasteiger partial charge >= 0.3 is 11.9 Å². The van der Waals surface area contributed by atoms with Gasteiger partial charge in [-0.1, -0.05) is 32.0 Å². The summed E-state index contributed by atoms with van der Waals surface area (Å²) in [6.45, 7) is 9.60. The number of esters is 2. The van der Waals surface area contributed by atoms with Crippen LogP contribution in [0.3, 0.4) is 0 Å². The fourth-order valence-corrected chi connectivity index (χ4v) is 2.83. The van der Waals surface area contributed by atoms with Gasteiger partial charge in [-0.25, -0.2) is 4.79 Å². The quantitative estimate of drug-likeness (QED) is 0.447. The molecule has 0 atom stereocenters. The molecule has 0 amide bonds. The van der Waals surface area contributed by atoms with Gasteiger partial charge in [-0.2, -0.15) is 0 Å². The molecule has 0 saturated heterocycles. The molecular formula is C21H24O4. The van der Waals surface area contributed by atoms with Crippen molar-refractivity contribution in [3.63, 3.8) is 0 Å². The molecule has 0 aliphatic rings. The Morgan fingerprint density at radius 1 is 1.24 bits per heavy atom. The highest BCUT2D eigenvalue weighted by Gasteiger charge is 2.18. The second-order valence-electron chi connectivity index (χ2n) is 6.22. The van der Waals surface area contributed by atoms with Crippen LogP contribution >= 0.6 is 0 Å². The van der Waals surface area contributed by atoms with Crippen LogP contribution in [0.15, 0.2) is 30.3 Å². The van der Waals surface area contributed by atoms with Gasteiger partial charge in [0.1, 0.15) is 5.75 Å². The van der Waals surface area contributed by atoms with Crippen molar-refractivity contribution in [3.05, 3.63) is 47.0 Å². The summed E-state index contributed by atoms with van der Waals surface area (Å²) in [6.07, 6.45) is 3.18. The summed E-state index contributed by atoms with van der Waals surface area (Å²) in [5.41, 5.74) is 2.84. The first-order valence-electron chi connectivity index (χ1n) is 8.44. The van der Waals surface area contributed by atoms with Gasteiger partial charge < -0.3 is 9.47 Å². The van der Waals surface area contributed by atoms with Gasteiger partial charge in [-0.3, -0.25) is 4.79 Å². The van der Waals surface area contributed by atoms with Crippen LogP contribution in [0, 0.1) is 6.92 Å². The van der Waals surface area contributed by atoms with E-state index in [1.54, 1.807) is 13.0 Å². The molecule has 4 nitrogen and oxygen atoms in total. The van der Waals surface area contributed by atoms with E-state index in [-0.39, 0.29) is 17.9 Å². The molecule has 0 spiro atoms. The molecule has 0 aromatic heterocycles. The predicted octanol–water partition coefficient (Wildman–Crippen LogP) is 4.77. The van der Waals surface area contributed by atoms with Crippen molar-refractivity contribution in [1.82, 2.24) is 0 Å². The molecule has 0 aliphatic heterocycles. The predicted molar refractivity (Wildman–Crippen MR) is 99.8 cm³/mol. The second-order valence-corrected chi connectivity index (χ2v) is 6.22. The monoisotopic (exact) mass is 340 g/mol.